The van der Waals surface area contributed by atoms with Crippen LogP contribution in [0.4, 0.5) is 0 Å². The summed E-state index contributed by atoms with van der Waals surface area (Å²) in [6.07, 6.45) is 6.34. The van der Waals surface area contributed by atoms with Crippen LogP contribution in [0.2, 0.25) is 0 Å². The molecule has 0 aromatic heterocycles. The highest BCUT2D eigenvalue weighted by Crippen LogP contribution is 2.12. The van der Waals surface area contributed by atoms with Crippen molar-refractivity contribution in [3.8, 4) is 0 Å². The second-order valence-electron chi connectivity index (χ2n) is 2.08. The maximum absolute atomic E-state index is 2.77. The lowest BCUT2D eigenvalue weighted by atomic mass is 10.2. The molecule has 0 aliphatic carbocycles. The monoisotopic (exact) mass is 172 g/mol. The molecule has 0 heterocycles. The molecular formula is C10H21P. The Bertz CT molecular complexity index is 121. The highest BCUT2D eigenvalue weighted by atomic mass is 31.0. The van der Waals surface area contributed by atoms with Crippen LogP contribution in [0.15, 0.2) is 23.8 Å². The van der Waals surface area contributed by atoms with Crippen LogP contribution in [0, 0.1) is 0 Å². The highest BCUT2D eigenvalue weighted by Gasteiger charge is 1.94. The summed E-state index contributed by atoms with van der Waals surface area (Å²) in [5, 5.41) is 0. The van der Waals surface area contributed by atoms with Crippen molar-refractivity contribution in [2.24, 2.45) is 0 Å². The number of rotatable bonds is 2. The van der Waals surface area contributed by atoms with Crippen molar-refractivity contribution in [2.45, 2.75) is 40.3 Å². The first-order valence-corrected chi connectivity index (χ1v) is 4.93. The Morgan fingerprint density at radius 1 is 1.27 bits per heavy atom. The molecule has 0 fully saturated rings. The summed E-state index contributed by atoms with van der Waals surface area (Å²) in [5.41, 5.74) is 1.95. The largest absolute Gasteiger partial charge is 0.130 e. The predicted molar refractivity (Wildman–Crippen MR) is 59.1 cm³/mol. The van der Waals surface area contributed by atoms with Gasteiger partial charge >= 0.3 is 0 Å². The molecule has 2 atom stereocenters. The maximum atomic E-state index is 2.77. The molecule has 0 nitrogen and oxygen atoms in total. The summed E-state index contributed by atoms with van der Waals surface area (Å²) in [5.74, 6) is 0. The number of hydrogen-bond donors (Lipinski definition) is 0. The molecule has 0 saturated carbocycles. The van der Waals surface area contributed by atoms with Crippen LogP contribution in [0.1, 0.15) is 34.6 Å². The van der Waals surface area contributed by atoms with Crippen LogP contribution in [0.5, 0.6) is 0 Å². The highest BCUT2D eigenvalue weighted by molar-refractivity contribution is 7.18. The van der Waals surface area contributed by atoms with Gasteiger partial charge in [0, 0.05) is 0 Å². The number of allylic oxidation sites excluding steroid dienone is 4. The zero-order valence-electron chi connectivity index (χ0n) is 8.39. The van der Waals surface area contributed by atoms with Crippen LogP contribution < -0.4 is 0 Å². The van der Waals surface area contributed by atoms with Gasteiger partial charge in [-0.1, -0.05) is 39.0 Å². The minimum absolute atomic E-state index is 0.575. The third-order valence-corrected chi connectivity index (χ3v) is 1.60. The molecule has 0 radical (unpaired) electrons. The molecule has 0 aliphatic heterocycles. The summed E-state index contributed by atoms with van der Waals surface area (Å²) in [7, 11) is 2.77. The van der Waals surface area contributed by atoms with Gasteiger partial charge in [0.15, 0.2) is 0 Å². The summed E-state index contributed by atoms with van der Waals surface area (Å²) >= 11 is 0. The Morgan fingerprint density at radius 3 is 1.82 bits per heavy atom. The van der Waals surface area contributed by atoms with Crippen LogP contribution in [0.25, 0.3) is 0 Å². The summed E-state index contributed by atoms with van der Waals surface area (Å²) in [6.45, 7) is 10.3. The fourth-order valence-electron chi connectivity index (χ4n) is 0.703. The third kappa shape index (κ3) is 7.81. The van der Waals surface area contributed by atoms with Crippen LogP contribution in [0.3, 0.4) is 0 Å². The van der Waals surface area contributed by atoms with E-state index in [-0.39, 0.29) is 0 Å². The average Bonchev–Trinajstić information content (AvgIpc) is 2.03. The predicted octanol–water partition coefficient (Wildman–Crippen LogP) is 3.80. The van der Waals surface area contributed by atoms with E-state index >= 15 is 0 Å². The molecule has 0 saturated heterocycles. The van der Waals surface area contributed by atoms with Gasteiger partial charge in [-0.3, -0.25) is 0 Å². The van der Waals surface area contributed by atoms with Crippen molar-refractivity contribution in [2.75, 3.05) is 0 Å². The first-order chi connectivity index (χ1) is 5.22. The topological polar surface area (TPSA) is 0 Å². The molecule has 0 amide bonds. The van der Waals surface area contributed by atoms with Crippen molar-refractivity contribution in [3.63, 3.8) is 0 Å². The average molecular weight is 172 g/mol. The van der Waals surface area contributed by atoms with Crippen molar-refractivity contribution < 1.29 is 0 Å². The molecule has 0 bridgehead atoms. The Balaban J connectivity index is 0. The van der Waals surface area contributed by atoms with Crippen LogP contribution in [-0.4, -0.2) is 5.66 Å². The van der Waals surface area contributed by atoms with E-state index in [2.05, 4.69) is 41.3 Å². The van der Waals surface area contributed by atoms with Gasteiger partial charge in [0.1, 0.15) is 0 Å². The first-order valence-electron chi connectivity index (χ1n) is 4.26. The van der Waals surface area contributed by atoms with Gasteiger partial charge in [0.25, 0.3) is 0 Å². The van der Waals surface area contributed by atoms with Gasteiger partial charge in [-0.2, -0.15) is 0 Å². The molecule has 2 unspecified atom stereocenters. The van der Waals surface area contributed by atoms with E-state index in [4.69, 9.17) is 0 Å². The van der Waals surface area contributed by atoms with Crippen LogP contribution in [-0.2, 0) is 0 Å². The second kappa shape index (κ2) is 9.91. The quantitative estimate of drug-likeness (QED) is 0.439. The van der Waals surface area contributed by atoms with Gasteiger partial charge in [-0.15, -0.1) is 9.24 Å². The minimum atomic E-state index is 0.575. The molecule has 0 aliphatic rings. The van der Waals surface area contributed by atoms with Gasteiger partial charge in [-0.25, -0.2) is 0 Å². The molecular weight excluding hydrogens is 151 g/mol. The Morgan fingerprint density at radius 2 is 1.73 bits per heavy atom. The van der Waals surface area contributed by atoms with Gasteiger partial charge < -0.3 is 0 Å². The lowest BCUT2D eigenvalue weighted by Crippen LogP contribution is -1.91. The SMILES string of the molecule is C/C=C\C(=C/C)C(C)P.CC. The fourth-order valence-corrected chi connectivity index (χ4v) is 1.01. The molecule has 1 heteroatoms. The lowest BCUT2D eigenvalue weighted by Gasteiger charge is -2.03. The van der Waals surface area contributed by atoms with Crippen molar-refractivity contribution in [1.29, 1.82) is 0 Å². The Hall–Kier alpha value is -0.0900. The summed E-state index contributed by atoms with van der Waals surface area (Å²) in [6, 6.07) is 0. The molecule has 0 aromatic rings. The minimum Gasteiger partial charge on any atom is -0.130 e. The lowest BCUT2D eigenvalue weighted by molar-refractivity contribution is 1.16. The molecule has 11 heavy (non-hydrogen) atoms. The molecule has 0 N–H and O–H groups in total. The Kier molecular flexibility index (Phi) is 12.2. The van der Waals surface area contributed by atoms with E-state index in [9.17, 15) is 0 Å². The van der Waals surface area contributed by atoms with Crippen LogP contribution >= 0.6 is 9.24 Å². The normalized spacial score (nSPS) is 14.2. The van der Waals surface area contributed by atoms with Crippen molar-refractivity contribution in [3.05, 3.63) is 23.8 Å². The zero-order valence-corrected chi connectivity index (χ0v) is 9.54. The van der Waals surface area contributed by atoms with Crippen molar-refractivity contribution in [1.82, 2.24) is 0 Å². The third-order valence-electron chi connectivity index (χ3n) is 1.22. The van der Waals surface area contributed by atoms with E-state index in [0.29, 0.717) is 5.66 Å². The van der Waals surface area contributed by atoms with E-state index in [1.165, 1.54) is 5.57 Å². The molecule has 0 aromatic carbocycles. The first kappa shape index (κ1) is 13.5. The van der Waals surface area contributed by atoms with E-state index in [0.717, 1.165) is 0 Å². The van der Waals surface area contributed by atoms with Crippen molar-refractivity contribution >= 4 is 9.24 Å². The zero-order chi connectivity index (χ0) is 9.28. The standard InChI is InChI=1S/C8H15P.C2H6/c1-4-6-8(5-2)7(3)9;1-2/h4-7H,9H2,1-3H3;1-2H3/b6-4-,8-5+;. The van der Waals surface area contributed by atoms with Gasteiger partial charge in [0.05, 0.1) is 0 Å². The van der Waals surface area contributed by atoms with E-state index < -0.39 is 0 Å². The van der Waals surface area contributed by atoms with Gasteiger partial charge in [-0.05, 0) is 25.1 Å². The summed E-state index contributed by atoms with van der Waals surface area (Å²) < 4.78 is 0. The van der Waals surface area contributed by atoms with E-state index in [1.807, 2.05) is 20.8 Å². The number of hydrogen-bond acceptors (Lipinski definition) is 0. The van der Waals surface area contributed by atoms with Gasteiger partial charge in [0.2, 0.25) is 0 Å². The fraction of sp³-hybridized carbons (Fsp3) is 0.600. The smallest absolute Gasteiger partial charge is 0.00462 e. The molecule has 66 valence electrons. The molecule has 0 spiro atoms. The maximum Gasteiger partial charge on any atom is -0.00462 e. The summed E-state index contributed by atoms with van der Waals surface area (Å²) in [4.78, 5) is 0. The molecule has 0 rings (SSSR count). The Labute approximate surface area is 74.0 Å². The second-order valence-corrected chi connectivity index (χ2v) is 3.08. The van der Waals surface area contributed by atoms with E-state index in [1.54, 1.807) is 0 Å².